The van der Waals surface area contributed by atoms with Crippen LogP contribution in [0.2, 0.25) is 0 Å². The van der Waals surface area contributed by atoms with Crippen molar-refractivity contribution in [3.63, 3.8) is 0 Å². The lowest BCUT2D eigenvalue weighted by atomic mass is 9.83. The number of alkyl halides is 1. The highest BCUT2D eigenvalue weighted by Gasteiger charge is 2.20. The van der Waals surface area contributed by atoms with Crippen LogP contribution < -0.4 is 0 Å². The molecular formula is C16H20ClFN2. The molecule has 0 unspecified atom stereocenters. The highest BCUT2D eigenvalue weighted by atomic mass is 35.5. The summed E-state index contributed by atoms with van der Waals surface area (Å²) in [6.45, 7) is 3.28. The minimum atomic E-state index is -0.241. The fourth-order valence-electron chi connectivity index (χ4n) is 3.23. The Bertz CT molecular complexity index is 600. The molecule has 0 atom stereocenters. The SMILES string of the molecule is CC1CCC(Cn2c(CCl)nc3cc(F)ccc32)CC1. The first-order valence-electron chi connectivity index (χ1n) is 7.38. The quantitative estimate of drug-likeness (QED) is 0.748. The molecule has 0 bridgehead atoms. The number of rotatable bonds is 3. The third-order valence-corrected chi connectivity index (χ3v) is 4.72. The van der Waals surface area contributed by atoms with E-state index >= 15 is 0 Å². The van der Waals surface area contributed by atoms with Gasteiger partial charge in [-0.3, -0.25) is 0 Å². The summed E-state index contributed by atoms with van der Waals surface area (Å²) in [6, 6.07) is 4.81. The van der Waals surface area contributed by atoms with Gasteiger partial charge in [0.1, 0.15) is 11.6 Å². The molecule has 2 nitrogen and oxygen atoms in total. The second-order valence-corrected chi connectivity index (χ2v) is 6.30. The van der Waals surface area contributed by atoms with Gasteiger partial charge in [-0.25, -0.2) is 9.37 Å². The molecule has 108 valence electrons. The third kappa shape index (κ3) is 2.69. The molecule has 2 aromatic rings. The maximum absolute atomic E-state index is 13.3. The molecule has 0 saturated heterocycles. The lowest BCUT2D eigenvalue weighted by Gasteiger charge is -2.27. The van der Waals surface area contributed by atoms with Crippen molar-refractivity contribution >= 4 is 22.6 Å². The van der Waals surface area contributed by atoms with Crippen LogP contribution in [0.25, 0.3) is 11.0 Å². The van der Waals surface area contributed by atoms with Crippen LogP contribution in [0.4, 0.5) is 4.39 Å². The monoisotopic (exact) mass is 294 g/mol. The number of fused-ring (bicyclic) bond motifs is 1. The Morgan fingerprint density at radius 2 is 2.05 bits per heavy atom. The van der Waals surface area contributed by atoms with Crippen molar-refractivity contribution in [1.82, 2.24) is 9.55 Å². The standard InChI is InChI=1S/C16H20ClFN2/c1-11-2-4-12(5-3-11)10-20-15-7-6-13(18)8-14(15)19-16(20)9-17/h6-8,11-12H,2-5,9-10H2,1H3. The zero-order valence-electron chi connectivity index (χ0n) is 11.8. The number of benzene rings is 1. The molecule has 0 radical (unpaired) electrons. The van der Waals surface area contributed by atoms with Crippen LogP contribution in [0.1, 0.15) is 38.4 Å². The molecule has 0 spiro atoms. The summed E-state index contributed by atoms with van der Waals surface area (Å²) in [5.74, 6) is 2.53. The molecule has 3 rings (SSSR count). The summed E-state index contributed by atoms with van der Waals surface area (Å²) < 4.78 is 15.5. The van der Waals surface area contributed by atoms with E-state index < -0.39 is 0 Å². The lowest BCUT2D eigenvalue weighted by molar-refractivity contribution is 0.265. The van der Waals surface area contributed by atoms with Gasteiger partial charge in [0.2, 0.25) is 0 Å². The van der Waals surface area contributed by atoms with Crippen molar-refractivity contribution in [2.24, 2.45) is 11.8 Å². The third-order valence-electron chi connectivity index (χ3n) is 4.49. The molecule has 0 amide bonds. The van der Waals surface area contributed by atoms with Gasteiger partial charge in [-0.15, -0.1) is 11.6 Å². The second-order valence-electron chi connectivity index (χ2n) is 6.03. The van der Waals surface area contributed by atoms with Crippen LogP contribution in [-0.4, -0.2) is 9.55 Å². The molecule has 1 fully saturated rings. The van der Waals surface area contributed by atoms with Crippen LogP contribution in [0.15, 0.2) is 18.2 Å². The smallest absolute Gasteiger partial charge is 0.125 e. The zero-order valence-corrected chi connectivity index (χ0v) is 12.5. The van der Waals surface area contributed by atoms with E-state index in [-0.39, 0.29) is 5.82 Å². The average molecular weight is 295 g/mol. The molecule has 1 saturated carbocycles. The Hall–Kier alpha value is -1.09. The highest BCUT2D eigenvalue weighted by molar-refractivity contribution is 6.16. The van der Waals surface area contributed by atoms with Gasteiger partial charge in [0, 0.05) is 12.6 Å². The summed E-state index contributed by atoms with van der Waals surface area (Å²) in [4.78, 5) is 4.46. The van der Waals surface area contributed by atoms with Crippen LogP contribution >= 0.6 is 11.6 Å². The molecule has 0 N–H and O–H groups in total. The number of aromatic nitrogens is 2. The molecule has 1 aromatic heterocycles. The Kier molecular flexibility index (Phi) is 3.97. The largest absolute Gasteiger partial charge is 0.327 e. The van der Waals surface area contributed by atoms with E-state index in [4.69, 9.17) is 11.6 Å². The Morgan fingerprint density at radius 3 is 2.75 bits per heavy atom. The van der Waals surface area contributed by atoms with Gasteiger partial charge in [0.15, 0.2) is 0 Å². The Labute approximate surface area is 123 Å². The molecular weight excluding hydrogens is 275 g/mol. The van der Waals surface area contributed by atoms with Crippen LogP contribution in [-0.2, 0) is 12.4 Å². The summed E-state index contributed by atoms with van der Waals surface area (Å²) in [5, 5.41) is 0. The maximum Gasteiger partial charge on any atom is 0.125 e. The summed E-state index contributed by atoms with van der Waals surface area (Å²) in [7, 11) is 0. The number of halogens is 2. The molecule has 1 heterocycles. The predicted octanol–water partition coefficient (Wildman–Crippen LogP) is 4.74. The number of imidazole rings is 1. The number of hydrogen-bond donors (Lipinski definition) is 0. The summed E-state index contributed by atoms with van der Waals surface area (Å²) >= 11 is 6.01. The van der Waals surface area contributed by atoms with Crippen molar-refractivity contribution < 1.29 is 4.39 Å². The van der Waals surface area contributed by atoms with Gasteiger partial charge in [-0.1, -0.05) is 19.8 Å². The first-order valence-corrected chi connectivity index (χ1v) is 7.91. The lowest BCUT2D eigenvalue weighted by Crippen LogP contribution is -2.18. The van der Waals surface area contributed by atoms with Gasteiger partial charge in [-0.2, -0.15) is 0 Å². The first-order chi connectivity index (χ1) is 9.67. The van der Waals surface area contributed by atoms with Gasteiger partial charge < -0.3 is 4.57 Å². The predicted molar refractivity (Wildman–Crippen MR) is 80.4 cm³/mol. The number of nitrogens with zero attached hydrogens (tertiary/aromatic N) is 2. The fourth-order valence-corrected chi connectivity index (χ4v) is 3.43. The molecule has 1 aromatic carbocycles. The van der Waals surface area contributed by atoms with E-state index in [1.54, 1.807) is 0 Å². The van der Waals surface area contributed by atoms with Crippen molar-refractivity contribution in [3.8, 4) is 0 Å². The summed E-state index contributed by atoms with van der Waals surface area (Å²) in [6.07, 6.45) is 5.15. The molecule has 20 heavy (non-hydrogen) atoms. The molecule has 1 aliphatic carbocycles. The maximum atomic E-state index is 13.3. The highest BCUT2D eigenvalue weighted by Crippen LogP contribution is 2.31. The van der Waals surface area contributed by atoms with Crippen molar-refractivity contribution in [1.29, 1.82) is 0 Å². The van der Waals surface area contributed by atoms with Crippen molar-refractivity contribution in [3.05, 3.63) is 29.8 Å². The van der Waals surface area contributed by atoms with E-state index in [9.17, 15) is 4.39 Å². The van der Waals surface area contributed by atoms with Crippen LogP contribution in [0.3, 0.4) is 0 Å². The topological polar surface area (TPSA) is 17.8 Å². The fraction of sp³-hybridized carbons (Fsp3) is 0.562. The Morgan fingerprint density at radius 1 is 1.30 bits per heavy atom. The van der Waals surface area contributed by atoms with E-state index in [2.05, 4.69) is 16.5 Å². The van der Waals surface area contributed by atoms with E-state index in [1.165, 1.54) is 37.8 Å². The van der Waals surface area contributed by atoms with Gasteiger partial charge in [0.05, 0.1) is 16.9 Å². The average Bonchev–Trinajstić information content (AvgIpc) is 2.78. The van der Waals surface area contributed by atoms with Crippen LogP contribution in [0, 0.1) is 17.7 Å². The normalized spacial score (nSPS) is 23.4. The van der Waals surface area contributed by atoms with E-state index in [0.29, 0.717) is 17.3 Å². The second kappa shape index (κ2) is 5.72. The van der Waals surface area contributed by atoms with Crippen molar-refractivity contribution in [2.75, 3.05) is 0 Å². The first kappa shape index (κ1) is 13.9. The summed E-state index contributed by atoms with van der Waals surface area (Å²) in [5.41, 5.74) is 1.71. The number of hydrogen-bond acceptors (Lipinski definition) is 1. The van der Waals surface area contributed by atoms with Crippen molar-refractivity contribution in [2.45, 2.75) is 45.0 Å². The van der Waals surface area contributed by atoms with E-state index in [1.807, 2.05) is 6.07 Å². The molecule has 1 aliphatic rings. The molecule has 0 aliphatic heterocycles. The zero-order chi connectivity index (χ0) is 14.1. The minimum Gasteiger partial charge on any atom is -0.327 e. The van der Waals surface area contributed by atoms with Gasteiger partial charge >= 0.3 is 0 Å². The minimum absolute atomic E-state index is 0.241. The van der Waals surface area contributed by atoms with E-state index in [0.717, 1.165) is 23.8 Å². The van der Waals surface area contributed by atoms with Gasteiger partial charge in [-0.05, 0) is 36.8 Å². The van der Waals surface area contributed by atoms with Gasteiger partial charge in [0.25, 0.3) is 0 Å². The Balaban J connectivity index is 1.89. The van der Waals surface area contributed by atoms with Crippen LogP contribution in [0.5, 0.6) is 0 Å². The molecule has 4 heteroatoms.